The monoisotopic (exact) mass is 135 g/mol. The number of aliphatic imine (C=N–C) groups is 1. The summed E-state index contributed by atoms with van der Waals surface area (Å²) in [5, 5.41) is 0. The van der Waals surface area contributed by atoms with Crippen molar-refractivity contribution in [1.29, 1.82) is 0 Å². The molecule has 5 heteroatoms. The zero-order valence-electron chi connectivity index (χ0n) is 3.48. The van der Waals surface area contributed by atoms with Gasteiger partial charge in [-0.05, 0) is 0 Å². The molecule has 3 nitrogen and oxygen atoms in total. The molecule has 1 heterocycles. The van der Waals surface area contributed by atoms with Crippen LogP contribution < -0.4 is 5.73 Å². The van der Waals surface area contributed by atoms with Crippen molar-refractivity contribution in [3.8, 4) is 0 Å². The summed E-state index contributed by atoms with van der Waals surface area (Å²) in [6, 6.07) is 0. The van der Waals surface area contributed by atoms with Crippen molar-refractivity contribution in [2.45, 2.75) is 5.50 Å². The summed E-state index contributed by atoms with van der Waals surface area (Å²) in [6.45, 7) is 0. The van der Waals surface area contributed by atoms with E-state index in [4.69, 9.17) is 5.73 Å². The molecule has 0 aromatic rings. The molecule has 0 radical (unpaired) electrons. The zero-order valence-corrected chi connectivity index (χ0v) is 5.19. The second kappa shape index (κ2) is 1.94. The van der Waals surface area contributed by atoms with Crippen molar-refractivity contribution < 1.29 is 0 Å². The summed E-state index contributed by atoms with van der Waals surface area (Å²) in [5.41, 5.74) is 5.16. The normalized spacial score (nSPS) is 29.4. The van der Waals surface area contributed by atoms with E-state index in [1.807, 2.05) is 0 Å². The molecular weight excluding hydrogens is 130 g/mol. The van der Waals surface area contributed by atoms with Gasteiger partial charge in [0.1, 0.15) is 6.34 Å². The van der Waals surface area contributed by atoms with Crippen LogP contribution in [0.5, 0.6) is 0 Å². The average Bonchev–Trinajstić information content (AvgIpc) is 1.87. The van der Waals surface area contributed by atoms with E-state index in [0.29, 0.717) is 0 Å². The SMILES string of the molecule is NC1N=CN(S)S1. The summed E-state index contributed by atoms with van der Waals surface area (Å²) in [4.78, 5) is 3.78. The van der Waals surface area contributed by atoms with E-state index >= 15 is 0 Å². The molecule has 1 aliphatic heterocycles. The molecule has 1 rings (SSSR count). The molecule has 0 bridgehead atoms. The van der Waals surface area contributed by atoms with Crippen molar-refractivity contribution in [2.24, 2.45) is 10.7 Å². The molecule has 0 aliphatic carbocycles. The number of hydrogen-bond acceptors (Lipinski definition) is 5. The third-order valence-corrected chi connectivity index (χ3v) is 1.56. The van der Waals surface area contributed by atoms with E-state index in [1.165, 1.54) is 11.9 Å². The van der Waals surface area contributed by atoms with Crippen molar-refractivity contribution in [3.05, 3.63) is 0 Å². The predicted octanol–water partition coefficient (Wildman–Crippen LogP) is 0.0656. The summed E-state index contributed by atoms with van der Waals surface area (Å²) >= 11 is 5.29. The highest BCUT2D eigenvalue weighted by Gasteiger charge is 2.08. The molecule has 0 fully saturated rings. The van der Waals surface area contributed by atoms with Crippen molar-refractivity contribution in [2.75, 3.05) is 0 Å². The van der Waals surface area contributed by atoms with E-state index in [1.54, 1.807) is 10.0 Å². The van der Waals surface area contributed by atoms with Crippen LogP contribution in [0.2, 0.25) is 0 Å². The molecule has 1 unspecified atom stereocenters. The molecule has 40 valence electrons. The van der Waals surface area contributed by atoms with Gasteiger partial charge >= 0.3 is 0 Å². The molecule has 2 N–H and O–H groups in total. The smallest absolute Gasteiger partial charge is 0.166 e. The fourth-order valence-electron chi connectivity index (χ4n) is 0.288. The van der Waals surface area contributed by atoms with Crippen LogP contribution >= 0.6 is 24.8 Å². The van der Waals surface area contributed by atoms with Gasteiger partial charge in [-0.15, -0.1) is 0 Å². The Hall–Kier alpha value is 0.130. The second-order valence-corrected chi connectivity index (χ2v) is 2.85. The van der Waals surface area contributed by atoms with Crippen molar-refractivity contribution >= 4 is 31.1 Å². The van der Waals surface area contributed by atoms with Crippen LogP contribution in [0.4, 0.5) is 0 Å². The maximum Gasteiger partial charge on any atom is 0.166 e. The minimum absolute atomic E-state index is 0.141. The number of thiol groups is 1. The van der Waals surface area contributed by atoms with Gasteiger partial charge < -0.3 is 0 Å². The third kappa shape index (κ3) is 1.25. The molecule has 0 saturated carbocycles. The van der Waals surface area contributed by atoms with Crippen LogP contribution in [-0.2, 0) is 0 Å². The topological polar surface area (TPSA) is 41.6 Å². The first-order valence-electron chi connectivity index (χ1n) is 1.73. The molecule has 0 aromatic carbocycles. The van der Waals surface area contributed by atoms with Crippen LogP contribution in [0.25, 0.3) is 0 Å². The average molecular weight is 135 g/mol. The lowest BCUT2D eigenvalue weighted by Crippen LogP contribution is -2.08. The van der Waals surface area contributed by atoms with E-state index in [0.717, 1.165) is 0 Å². The van der Waals surface area contributed by atoms with Gasteiger partial charge in [-0.1, -0.05) is 12.8 Å². The number of rotatable bonds is 0. The first-order chi connectivity index (χ1) is 3.29. The van der Waals surface area contributed by atoms with Gasteiger partial charge in [0.2, 0.25) is 0 Å². The van der Waals surface area contributed by atoms with Gasteiger partial charge in [-0.2, -0.15) is 0 Å². The van der Waals surface area contributed by atoms with E-state index in [2.05, 4.69) is 17.8 Å². The maximum absolute atomic E-state index is 5.30. The molecule has 7 heavy (non-hydrogen) atoms. The Morgan fingerprint density at radius 3 is 2.86 bits per heavy atom. The first kappa shape index (κ1) is 5.27. The fourth-order valence-corrected chi connectivity index (χ4v) is 1.08. The van der Waals surface area contributed by atoms with Gasteiger partial charge in [0.25, 0.3) is 0 Å². The Morgan fingerprint density at radius 2 is 2.71 bits per heavy atom. The maximum atomic E-state index is 5.30. The molecule has 1 atom stereocenters. The third-order valence-electron chi connectivity index (χ3n) is 0.528. The zero-order chi connectivity index (χ0) is 5.28. The molecular formula is C2H5N3S2. The lowest BCUT2D eigenvalue weighted by Gasteiger charge is -2.00. The van der Waals surface area contributed by atoms with E-state index < -0.39 is 0 Å². The van der Waals surface area contributed by atoms with Gasteiger partial charge in [0.15, 0.2) is 5.50 Å². The highest BCUT2D eigenvalue weighted by atomic mass is 32.2. The summed E-state index contributed by atoms with van der Waals surface area (Å²) in [6.07, 6.45) is 1.58. The fraction of sp³-hybridized carbons (Fsp3) is 0.500. The van der Waals surface area contributed by atoms with Gasteiger partial charge in [0.05, 0.1) is 0 Å². The largest absolute Gasteiger partial charge is 0.300 e. The Kier molecular flexibility index (Phi) is 1.46. The van der Waals surface area contributed by atoms with Crippen LogP contribution in [-0.4, -0.2) is 15.5 Å². The molecule has 0 amide bonds. The number of nitrogens with zero attached hydrogens (tertiary/aromatic N) is 2. The molecule has 1 aliphatic rings. The van der Waals surface area contributed by atoms with Crippen LogP contribution in [0.3, 0.4) is 0 Å². The van der Waals surface area contributed by atoms with Gasteiger partial charge in [0, 0.05) is 11.9 Å². The van der Waals surface area contributed by atoms with Crippen molar-refractivity contribution in [3.63, 3.8) is 0 Å². The van der Waals surface area contributed by atoms with E-state index in [-0.39, 0.29) is 5.50 Å². The van der Waals surface area contributed by atoms with Crippen molar-refractivity contribution in [1.82, 2.24) is 3.71 Å². The summed E-state index contributed by atoms with van der Waals surface area (Å²) < 4.78 is 1.57. The lowest BCUT2D eigenvalue weighted by molar-refractivity contribution is 1.01. The number of hydrogen-bond donors (Lipinski definition) is 2. The Bertz CT molecular complexity index is 82.9. The van der Waals surface area contributed by atoms with Gasteiger partial charge in [-0.25, -0.2) is 8.70 Å². The predicted molar refractivity (Wildman–Crippen MR) is 34.9 cm³/mol. The van der Waals surface area contributed by atoms with Gasteiger partial charge in [-0.3, -0.25) is 5.73 Å². The van der Waals surface area contributed by atoms with E-state index in [9.17, 15) is 0 Å². The minimum atomic E-state index is -0.141. The highest BCUT2D eigenvalue weighted by molar-refractivity contribution is 8.06. The first-order valence-corrected chi connectivity index (χ1v) is 2.96. The molecule has 0 saturated heterocycles. The summed E-state index contributed by atoms with van der Waals surface area (Å²) in [7, 11) is 0. The molecule has 0 aromatic heterocycles. The van der Waals surface area contributed by atoms with Crippen LogP contribution in [0.1, 0.15) is 0 Å². The Balaban J connectivity index is 2.42. The summed E-state index contributed by atoms with van der Waals surface area (Å²) in [5.74, 6) is 0. The highest BCUT2D eigenvalue weighted by Crippen LogP contribution is 2.19. The van der Waals surface area contributed by atoms with Crippen LogP contribution in [0, 0.1) is 0 Å². The standard InChI is InChI=1S/C2H5N3S2/c3-2-4-1-5(6)7-2/h1-2,6H,3H2. The Labute approximate surface area is 51.6 Å². The minimum Gasteiger partial charge on any atom is -0.300 e. The Morgan fingerprint density at radius 1 is 2.00 bits per heavy atom. The number of nitrogens with two attached hydrogens (primary N) is 1. The quantitative estimate of drug-likeness (QED) is 0.365. The second-order valence-electron chi connectivity index (χ2n) is 1.06. The van der Waals surface area contributed by atoms with Crippen LogP contribution in [0.15, 0.2) is 4.99 Å². The molecule has 0 spiro atoms. The lowest BCUT2D eigenvalue weighted by atomic mass is 11.1.